The van der Waals surface area contributed by atoms with Gasteiger partial charge in [-0.3, -0.25) is 10.1 Å². The number of nitro groups is 1. The fourth-order valence-corrected chi connectivity index (χ4v) is 3.12. The average Bonchev–Trinajstić information content (AvgIpc) is 2.82. The van der Waals surface area contributed by atoms with E-state index in [-0.39, 0.29) is 5.69 Å². The number of thiophene rings is 1. The third-order valence-corrected chi connectivity index (χ3v) is 4.40. The first kappa shape index (κ1) is 15.6. The van der Waals surface area contributed by atoms with Crippen LogP contribution in [0.15, 0.2) is 15.2 Å². The summed E-state index contributed by atoms with van der Waals surface area (Å²) in [5, 5.41) is 16.1. The predicted octanol–water partition coefficient (Wildman–Crippen LogP) is 3.20. The van der Waals surface area contributed by atoms with E-state index in [1.807, 2.05) is 11.4 Å². The zero-order valence-corrected chi connectivity index (χ0v) is 14.2. The number of nitrogens with zero attached hydrogens (tertiary/aromatic N) is 4. The molecule has 0 saturated carbocycles. The molecular formula is C12H14BrN5O2S. The van der Waals surface area contributed by atoms with E-state index in [4.69, 9.17) is 0 Å². The van der Waals surface area contributed by atoms with Gasteiger partial charge in [-0.2, -0.15) is 4.98 Å². The van der Waals surface area contributed by atoms with Crippen molar-refractivity contribution < 1.29 is 4.92 Å². The highest BCUT2D eigenvalue weighted by atomic mass is 79.9. The Bertz CT molecular complexity index is 676. The smallest absolute Gasteiger partial charge is 0.332 e. The summed E-state index contributed by atoms with van der Waals surface area (Å²) in [4.78, 5) is 20.9. The predicted molar refractivity (Wildman–Crippen MR) is 87.1 cm³/mol. The Morgan fingerprint density at radius 1 is 1.52 bits per heavy atom. The largest absolute Gasteiger partial charge is 0.357 e. The molecule has 9 heteroatoms. The van der Waals surface area contributed by atoms with Crippen molar-refractivity contribution in [1.29, 1.82) is 0 Å². The Balaban J connectivity index is 2.40. The van der Waals surface area contributed by atoms with Gasteiger partial charge in [0.2, 0.25) is 11.8 Å². The van der Waals surface area contributed by atoms with Gasteiger partial charge in [-0.25, -0.2) is 4.98 Å². The van der Waals surface area contributed by atoms with Crippen LogP contribution in [0.3, 0.4) is 0 Å². The number of hydrogen-bond acceptors (Lipinski definition) is 7. The van der Waals surface area contributed by atoms with Crippen molar-refractivity contribution in [3.05, 3.63) is 36.6 Å². The van der Waals surface area contributed by atoms with Crippen LogP contribution in [0.2, 0.25) is 0 Å². The fraction of sp³-hybridized carbons (Fsp3) is 0.333. The van der Waals surface area contributed by atoms with Crippen LogP contribution in [-0.2, 0) is 6.54 Å². The van der Waals surface area contributed by atoms with Crippen molar-refractivity contribution in [3.63, 3.8) is 0 Å². The first-order valence-corrected chi connectivity index (χ1v) is 7.74. The molecule has 2 heterocycles. The van der Waals surface area contributed by atoms with E-state index >= 15 is 0 Å². The first-order chi connectivity index (χ1) is 9.92. The first-order valence-electron chi connectivity index (χ1n) is 6.07. The standard InChI is InChI=1S/C12H14BrN5O2S/c1-7-10(18(19)20)11(16-12(14-2)15-7)17(3)5-8-4-9(13)21-6-8/h4,6H,5H2,1-3H3,(H,14,15,16). The molecule has 0 bridgehead atoms. The van der Waals surface area contributed by atoms with Crippen molar-refractivity contribution in [2.75, 3.05) is 24.3 Å². The third kappa shape index (κ3) is 3.48. The maximum Gasteiger partial charge on any atom is 0.332 e. The van der Waals surface area contributed by atoms with E-state index in [2.05, 4.69) is 31.2 Å². The van der Waals surface area contributed by atoms with Crippen LogP contribution in [0.25, 0.3) is 0 Å². The lowest BCUT2D eigenvalue weighted by Gasteiger charge is -2.18. The summed E-state index contributed by atoms with van der Waals surface area (Å²) in [6.07, 6.45) is 0. The minimum Gasteiger partial charge on any atom is -0.357 e. The highest BCUT2D eigenvalue weighted by molar-refractivity contribution is 9.11. The molecule has 2 aromatic heterocycles. The lowest BCUT2D eigenvalue weighted by Crippen LogP contribution is -2.20. The molecule has 2 rings (SSSR count). The molecule has 0 saturated heterocycles. The Hall–Kier alpha value is -1.74. The number of hydrogen-bond donors (Lipinski definition) is 1. The summed E-state index contributed by atoms with van der Waals surface area (Å²) in [6.45, 7) is 2.14. The van der Waals surface area contributed by atoms with Gasteiger partial charge in [0.15, 0.2) is 0 Å². The summed E-state index contributed by atoms with van der Waals surface area (Å²) >= 11 is 4.98. The normalized spacial score (nSPS) is 10.5. The van der Waals surface area contributed by atoms with E-state index in [1.54, 1.807) is 37.3 Å². The lowest BCUT2D eigenvalue weighted by atomic mass is 10.3. The van der Waals surface area contributed by atoms with Gasteiger partial charge in [-0.15, -0.1) is 11.3 Å². The minimum absolute atomic E-state index is 0.0641. The zero-order valence-electron chi connectivity index (χ0n) is 11.8. The summed E-state index contributed by atoms with van der Waals surface area (Å²) in [6, 6.07) is 1.99. The number of aromatic nitrogens is 2. The molecule has 7 nitrogen and oxygen atoms in total. The van der Waals surface area contributed by atoms with E-state index < -0.39 is 4.92 Å². The molecule has 0 spiro atoms. The molecule has 0 atom stereocenters. The Labute approximate surface area is 134 Å². The molecule has 0 fully saturated rings. The van der Waals surface area contributed by atoms with Crippen molar-refractivity contribution in [2.45, 2.75) is 13.5 Å². The van der Waals surface area contributed by atoms with Crippen LogP contribution in [0.4, 0.5) is 17.5 Å². The molecule has 0 aliphatic heterocycles. The third-order valence-electron chi connectivity index (χ3n) is 2.85. The SMILES string of the molecule is CNc1nc(C)c([N+](=O)[O-])c(N(C)Cc2csc(Br)c2)n1. The fourth-order valence-electron chi connectivity index (χ4n) is 1.92. The van der Waals surface area contributed by atoms with E-state index in [1.165, 1.54) is 0 Å². The summed E-state index contributed by atoms with van der Waals surface area (Å²) in [5.41, 5.74) is 1.34. The van der Waals surface area contributed by atoms with Gasteiger partial charge in [-0.1, -0.05) is 0 Å². The van der Waals surface area contributed by atoms with Gasteiger partial charge in [0.05, 0.1) is 8.71 Å². The van der Waals surface area contributed by atoms with Crippen LogP contribution in [-0.4, -0.2) is 29.0 Å². The molecule has 0 unspecified atom stereocenters. The summed E-state index contributed by atoms with van der Waals surface area (Å²) < 4.78 is 1.02. The second kappa shape index (κ2) is 6.35. The minimum atomic E-state index is -0.440. The highest BCUT2D eigenvalue weighted by Crippen LogP contribution is 2.30. The monoisotopic (exact) mass is 371 g/mol. The van der Waals surface area contributed by atoms with Crippen molar-refractivity contribution >= 4 is 44.7 Å². The molecule has 2 aromatic rings. The van der Waals surface area contributed by atoms with Crippen molar-refractivity contribution in [1.82, 2.24) is 9.97 Å². The van der Waals surface area contributed by atoms with Crippen LogP contribution < -0.4 is 10.2 Å². The number of aryl methyl sites for hydroxylation is 1. The Morgan fingerprint density at radius 2 is 2.24 bits per heavy atom. The zero-order chi connectivity index (χ0) is 15.6. The Kier molecular flexibility index (Phi) is 4.73. The van der Waals surface area contributed by atoms with E-state index in [0.29, 0.717) is 24.0 Å². The molecule has 1 N–H and O–H groups in total. The van der Waals surface area contributed by atoms with Crippen LogP contribution in [0.1, 0.15) is 11.3 Å². The van der Waals surface area contributed by atoms with Gasteiger partial charge in [0.25, 0.3) is 0 Å². The van der Waals surface area contributed by atoms with Gasteiger partial charge >= 0.3 is 5.69 Å². The van der Waals surface area contributed by atoms with E-state index in [9.17, 15) is 10.1 Å². The number of anilines is 2. The molecule has 0 aliphatic rings. The van der Waals surface area contributed by atoms with E-state index in [0.717, 1.165) is 9.35 Å². The molecule has 21 heavy (non-hydrogen) atoms. The van der Waals surface area contributed by atoms with Crippen LogP contribution in [0, 0.1) is 17.0 Å². The summed E-state index contributed by atoms with van der Waals surface area (Å²) in [7, 11) is 3.46. The second-order valence-electron chi connectivity index (χ2n) is 4.43. The highest BCUT2D eigenvalue weighted by Gasteiger charge is 2.24. The Morgan fingerprint density at radius 3 is 2.76 bits per heavy atom. The molecule has 0 amide bonds. The van der Waals surface area contributed by atoms with Gasteiger partial charge < -0.3 is 10.2 Å². The molecular weight excluding hydrogens is 358 g/mol. The van der Waals surface area contributed by atoms with Crippen molar-refractivity contribution in [3.8, 4) is 0 Å². The maximum atomic E-state index is 11.3. The topological polar surface area (TPSA) is 84.2 Å². The quantitative estimate of drug-likeness (QED) is 0.641. The molecule has 112 valence electrons. The van der Waals surface area contributed by atoms with Gasteiger partial charge in [0, 0.05) is 20.6 Å². The number of nitrogens with one attached hydrogen (secondary N) is 1. The average molecular weight is 372 g/mol. The number of halogens is 1. The summed E-state index contributed by atoms with van der Waals surface area (Å²) in [5.74, 6) is 0.672. The van der Waals surface area contributed by atoms with Gasteiger partial charge in [0.1, 0.15) is 5.69 Å². The lowest BCUT2D eigenvalue weighted by molar-refractivity contribution is -0.385. The second-order valence-corrected chi connectivity index (χ2v) is 6.72. The maximum absolute atomic E-state index is 11.3. The molecule has 0 aromatic carbocycles. The van der Waals surface area contributed by atoms with Crippen LogP contribution in [0.5, 0.6) is 0 Å². The molecule has 0 radical (unpaired) electrons. The van der Waals surface area contributed by atoms with Gasteiger partial charge in [-0.05, 0) is 39.9 Å². The number of rotatable bonds is 5. The van der Waals surface area contributed by atoms with Crippen LogP contribution >= 0.6 is 27.3 Å². The molecule has 0 aliphatic carbocycles. The van der Waals surface area contributed by atoms with Crippen molar-refractivity contribution in [2.24, 2.45) is 0 Å².